The van der Waals surface area contributed by atoms with E-state index in [0.29, 0.717) is 18.2 Å². The zero-order valence-electron chi connectivity index (χ0n) is 17.1. The molecule has 2 N–H and O–H groups in total. The van der Waals surface area contributed by atoms with E-state index in [9.17, 15) is 9.18 Å². The molecule has 1 aromatic heterocycles. The summed E-state index contributed by atoms with van der Waals surface area (Å²) in [7, 11) is 0. The highest BCUT2D eigenvalue weighted by Gasteiger charge is 2.23. The maximum Gasteiger partial charge on any atom is 0.251 e. The molecule has 4 nitrogen and oxygen atoms in total. The molecular formula is C24H27FN2O2S. The van der Waals surface area contributed by atoms with E-state index in [1.54, 1.807) is 11.3 Å². The van der Waals surface area contributed by atoms with Gasteiger partial charge in [0.05, 0.1) is 6.61 Å². The molecule has 0 spiro atoms. The summed E-state index contributed by atoms with van der Waals surface area (Å²) in [5, 5.41) is 8.06. The molecular weight excluding hydrogens is 399 g/mol. The minimum absolute atomic E-state index is 0.128. The van der Waals surface area contributed by atoms with Crippen molar-refractivity contribution in [2.75, 3.05) is 11.9 Å². The van der Waals surface area contributed by atoms with Crippen molar-refractivity contribution in [1.29, 1.82) is 0 Å². The second-order valence-corrected chi connectivity index (χ2v) is 8.91. The van der Waals surface area contributed by atoms with Crippen LogP contribution in [0.3, 0.4) is 0 Å². The third kappa shape index (κ3) is 4.99. The summed E-state index contributed by atoms with van der Waals surface area (Å²) < 4.78 is 19.9. The number of hydrogen-bond donors (Lipinski definition) is 2. The molecule has 0 aliphatic heterocycles. The molecule has 158 valence electrons. The summed E-state index contributed by atoms with van der Waals surface area (Å²) >= 11 is 1.78. The van der Waals surface area contributed by atoms with Gasteiger partial charge >= 0.3 is 0 Å². The molecule has 0 atom stereocenters. The lowest BCUT2D eigenvalue weighted by molar-refractivity contribution is 0.0926. The Hall–Kier alpha value is -2.44. The number of rotatable bonds is 7. The van der Waals surface area contributed by atoms with Gasteiger partial charge in [0, 0.05) is 44.9 Å². The van der Waals surface area contributed by atoms with Crippen molar-refractivity contribution in [3.63, 3.8) is 0 Å². The van der Waals surface area contributed by atoms with E-state index in [0.717, 1.165) is 32.3 Å². The Morgan fingerprint density at radius 2 is 1.83 bits per heavy atom. The van der Waals surface area contributed by atoms with Crippen molar-refractivity contribution in [3.8, 4) is 0 Å². The lowest BCUT2D eigenvalue weighted by Crippen LogP contribution is -2.40. The maximum atomic E-state index is 13.0. The second-order valence-electron chi connectivity index (χ2n) is 7.74. The molecule has 4 rings (SSSR count). The summed E-state index contributed by atoms with van der Waals surface area (Å²) in [5.74, 6) is -0.458. The highest BCUT2D eigenvalue weighted by molar-refractivity contribution is 7.19. The Morgan fingerprint density at radius 3 is 2.57 bits per heavy atom. The van der Waals surface area contributed by atoms with Crippen molar-refractivity contribution >= 4 is 33.0 Å². The predicted molar refractivity (Wildman–Crippen MR) is 121 cm³/mol. The number of nitrogens with one attached hydrogen (secondary N) is 2. The molecule has 6 heteroatoms. The predicted octanol–water partition coefficient (Wildman–Crippen LogP) is 5.73. The number of anilines is 1. The number of carbonyl (C=O) groups excluding carboxylic acids is 1. The first-order chi connectivity index (χ1) is 14.6. The zero-order chi connectivity index (χ0) is 20.9. The molecule has 3 aromatic rings. The summed E-state index contributed by atoms with van der Waals surface area (Å²) in [6, 6.07) is 14.9. The van der Waals surface area contributed by atoms with Crippen molar-refractivity contribution in [3.05, 3.63) is 64.8 Å². The van der Waals surface area contributed by atoms with Crippen LogP contribution in [0.4, 0.5) is 10.1 Å². The maximum absolute atomic E-state index is 13.0. The van der Waals surface area contributed by atoms with Crippen LogP contribution in [0.25, 0.3) is 10.1 Å². The van der Waals surface area contributed by atoms with Crippen LogP contribution in [0.1, 0.15) is 47.8 Å². The molecule has 1 fully saturated rings. The fourth-order valence-electron chi connectivity index (χ4n) is 3.99. The average molecular weight is 427 g/mol. The number of amides is 1. The molecule has 0 radical (unpaired) electrons. The summed E-state index contributed by atoms with van der Waals surface area (Å²) in [6.07, 6.45) is 3.86. The molecule has 1 heterocycles. The molecule has 1 saturated carbocycles. The van der Waals surface area contributed by atoms with Gasteiger partial charge in [-0.1, -0.05) is 6.07 Å². The van der Waals surface area contributed by atoms with Crippen molar-refractivity contribution < 1.29 is 13.9 Å². The molecule has 1 aliphatic rings. The van der Waals surface area contributed by atoms with Gasteiger partial charge in [0.2, 0.25) is 0 Å². The van der Waals surface area contributed by atoms with E-state index >= 15 is 0 Å². The first kappa shape index (κ1) is 20.8. The number of hydrogen-bond acceptors (Lipinski definition) is 4. The van der Waals surface area contributed by atoms with E-state index < -0.39 is 0 Å². The molecule has 0 unspecified atom stereocenters. The van der Waals surface area contributed by atoms with Gasteiger partial charge in [-0.05, 0) is 75.1 Å². The Balaban J connectivity index is 1.33. The van der Waals surface area contributed by atoms with Crippen LogP contribution in [0, 0.1) is 5.82 Å². The van der Waals surface area contributed by atoms with Crippen LogP contribution >= 0.6 is 11.3 Å². The van der Waals surface area contributed by atoms with Gasteiger partial charge < -0.3 is 15.4 Å². The summed E-state index contributed by atoms with van der Waals surface area (Å²) in [6.45, 7) is 3.40. The first-order valence-electron chi connectivity index (χ1n) is 10.5. The third-order valence-electron chi connectivity index (χ3n) is 5.59. The number of benzene rings is 2. The zero-order valence-corrected chi connectivity index (χ0v) is 17.9. The minimum atomic E-state index is -0.330. The quantitative estimate of drug-likeness (QED) is 0.507. The first-order valence-corrected chi connectivity index (χ1v) is 11.4. The standard InChI is InChI=1S/C24H27FN2O2S/c1-2-29-15-20-14-21-22(4-3-5-23(21)30-20)26-18-10-12-19(13-11-18)27-24(28)16-6-8-17(25)9-7-16/h3-9,14,18-19,26H,2,10-13,15H2,1H3,(H,27,28)/t18-,19+. The molecule has 30 heavy (non-hydrogen) atoms. The van der Waals surface area contributed by atoms with E-state index in [2.05, 4.69) is 34.9 Å². The van der Waals surface area contributed by atoms with Gasteiger partial charge in [-0.2, -0.15) is 0 Å². The monoisotopic (exact) mass is 426 g/mol. The molecule has 1 amide bonds. The topological polar surface area (TPSA) is 50.4 Å². The lowest BCUT2D eigenvalue weighted by Gasteiger charge is -2.30. The van der Waals surface area contributed by atoms with Crippen LogP contribution in [-0.2, 0) is 11.3 Å². The Labute approximate surface area is 180 Å². The van der Waals surface area contributed by atoms with Crippen LogP contribution in [0.2, 0.25) is 0 Å². The normalized spacial score (nSPS) is 19.0. The second kappa shape index (κ2) is 9.58. The largest absolute Gasteiger partial charge is 0.382 e. The van der Waals surface area contributed by atoms with Crippen molar-refractivity contribution in [2.45, 2.75) is 51.3 Å². The highest BCUT2D eigenvalue weighted by Crippen LogP contribution is 2.33. The SMILES string of the molecule is CCOCc1cc2c(N[C@H]3CC[C@@H](NC(=O)c4ccc(F)cc4)CC3)cccc2s1. The van der Waals surface area contributed by atoms with Crippen LogP contribution in [0.5, 0.6) is 0 Å². The average Bonchev–Trinajstić information content (AvgIpc) is 3.18. The Bertz CT molecular complexity index is 994. The van der Waals surface area contributed by atoms with Crippen molar-refractivity contribution in [1.82, 2.24) is 5.32 Å². The molecule has 0 saturated heterocycles. The summed E-state index contributed by atoms with van der Waals surface area (Å²) in [5.41, 5.74) is 1.67. The lowest BCUT2D eigenvalue weighted by atomic mass is 9.90. The number of fused-ring (bicyclic) bond motifs is 1. The summed E-state index contributed by atoms with van der Waals surface area (Å²) in [4.78, 5) is 13.6. The third-order valence-corrected chi connectivity index (χ3v) is 6.66. The minimum Gasteiger partial charge on any atom is -0.382 e. The van der Waals surface area contributed by atoms with E-state index in [1.165, 1.54) is 44.9 Å². The van der Waals surface area contributed by atoms with Crippen LogP contribution < -0.4 is 10.6 Å². The van der Waals surface area contributed by atoms with E-state index in [-0.39, 0.29) is 17.8 Å². The van der Waals surface area contributed by atoms with E-state index in [1.807, 2.05) is 6.92 Å². The molecule has 2 aromatic carbocycles. The Morgan fingerprint density at radius 1 is 1.10 bits per heavy atom. The van der Waals surface area contributed by atoms with Gasteiger partial charge in [0.25, 0.3) is 5.91 Å². The fraction of sp³-hybridized carbons (Fsp3) is 0.375. The van der Waals surface area contributed by atoms with Gasteiger partial charge in [0.1, 0.15) is 5.82 Å². The number of halogens is 1. The Kier molecular flexibility index (Phi) is 6.65. The number of carbonyl (C=O) groups is 1. The van der Waals surface area contributed by atoms with Crippen LogP contribution in [-0.4, -0.2) is 24.6 Å². The smallest absolute Gasteiger partial charge is 0.251 e. The van der Waals surface area contributed by atoms with Gasteiger partial charge in [0.15, 0.2) is 0 Å². The van der Waals surface area contributed by atoms with Crippen LogP contribution in [0.15, 0.2) is 48.5 Å². The van der Waals surface area contributed by atoms with Gasteiger partial charge in [-0.25, -0.2) is 4.39 Å². The molecule has 1 aliphatic carbocycles. The number of ether oxygens (including phenoxy) is 1. The molecule has 0 bridgehead atoms. The van der Waals surface area contributed by atoms with Gasteiger partial charge in [-0.15, -0.1) is 11.3 Å². The fourth-order valence-corrected chi connectivity index (χ4v) is 5.01. The van der Waals surface area contributed by atoms with Crippen molar-refractivity contribution in [2.24, 2.45) is 0 Å². The van der Waals surface area contributed by atoms with Gasteiger partial charge in [-0.3, -0.25) is 4.79 Å². The highest BCUT2D eigenvalue weighted by atomic mass is 32.1. The van der Waals surface area contributed by atoms with E-state index in [4.69, 9.17) is 4.74 Å². The number of thiophene rings is 1.